The molecular weight excluding hydrogens is 418 g/mol. The summed E-state index contributed by atoms with van der Waals surface area (Å²) in [7, 11) is 3.19. The molecule has 2 aromatic carbocycles. The van der Waals surface area contributed by atoms with Gasteiger partial charge in [-0.3, -0.25) is 9.59 Å². The van der Waals surface area contributed by atoms with Crippen LogP contribution in [-0.2, 0) is 17.8 Å². The van der Waals surface area contributed by atoms with Crippen LogP contribution in [-0.4, -0.2) is 55.5 Å². The highest BCUT2D eigenvalue weighted by atomic mass is 19.1. The van der Waals surface area contributed by atoms with Gasteiger partial charge in [-0.15, -0.1) is 0 Å². The zero-order valence-corrected chi connectivity index (χ0v) is 18.2. The van der Waals surface area contributed by atoms with Crippen molar-refractivity contribution in [3.63, 3.8) is 0 Å². The third kappa shape index (κ3) is 4.26. The Kier molecular flexibility index (Phi) is 6.30. The first-order valence-corrected chi connectivity index (χ1v) is 10.7. The Bertz CT molecular complexity index is 1030. The number of ether oxygens (including phenoxy) is 2. The summed E-state index contributed by atoms with van der Waals surface area (Å²) in [5, 5.41) is 0. The molecule has 2 amide bonds. The fraction of sp³-hybridized carbons (Fsp3) is 0.417. The number of hydrogen-bond donors (Lipinski definition) is 0. The van der Waals surface area contributed by atoms with Gasteiger partial charge in [0, 0.05) is 38.2 Å². The third-order valence-electron chi connectivity index (χ3n) is 6.32. The fourth-order valence-electron chi connectivity index (χ4n) is 4.49. The van der Waals surface area contributed by atoms with Crippen molar-refractivity contribution in [1.29, 1.82) is 0 Å². The summed E-state index contributed by atoms with van der Waals surface area (Å²) in [6, 6.07) is 6.84. The predicted octanol–water partition coefficient (Wildman–Crippen LogP) is 3.42. The second-order valence-corrected chi connectivity index (χ2v) is 8.18. The maximum Gasteiger partial charge on any atom is 0.256 e. The zero-order chi connectivity index (χ0) is 22.8. The molecule has 4 rings (SSSR count). The number of halogens is 2. The highest BCUT2D eigenvalue weighted by molar-refractivity contribution is 5.94. The number of hydrogen-bond acceptors (Lipinski definition) is 4. The van der Waals surface area contributed by atoms with E-state index in [0.29, 0.717) is 56.6 Å². The lowest BCUT2D eigenvalue weighted by Crippen LogP contribution is -2.45. The average Bonchev–Trinajstić information content (AvgIpc) is 2.82. The van der Waals surface area contributed by atoms with Gasteiger partial charge >= 0.3 is 0 Å². The Morgan fingerprint density at radius 3 is 2.19 bits per heavy atom. The average molecular weight is 444 g/mol. The Morgan fingerprint density at radius 2 is 1.56 bits per heavy atom. The van der Waals surface area contributed by atoms with E-state index in [9.17, 15) is 18.4 Å². The number of fused-ring (bicyclic) bond motifs is 1. The van der Waals surface area contributed by atoms with Crippen molar-refractivity contribution < 1.29 is 27.8 Å². The second kappa shape index (κ2) is 9.14. The van der Waals surface area contributed by atoms with Crippen LogP contribution in [0.5, 0.6) is 11.5 Å². The predicted molar refractivity (Wildman–Crippen MR) is 114 cm³/mol. The van der Waals surface area contributed by atoms with E-state index in [1.54, 1.807) is 14.2 Å². The van der Waals surface area contributed by atoms with Gasteiger partial charge in [0.25, 0.3) is 5.91 Å². The number of benzene rings is 2. The normalized spacial score (nSPS) is 16.5. The van der Waals surface area contributed by atoms with Crippen LogP contribution < -0.4 is 9.47 Å². The summed E-state index contributed by atoms with van der Waals surface area (Å²) >= 11 is 0. The maximum atomic E-state index is 14.0. The van der Waals surface area contributed by atoms with Crippen molar-refractivity contribution in [3.05, 3.63) is 58.7 Å². The van der Waals surface area contributed by atoms with Gasteiger partial charge in [-0.25, -0.2) is 8.78 Å². The van der Waals surface area contributed by atoms with Crippen molar-refractivity contribution in [2.75, 3.05) is 33.9 Å². The number of amides is 2. The molecule has 2 heterocycles. The van der Waals surface area contributed by atoms with Crippen LogP contribution in [0.2, 0.25) is 0 Å². The van der Waals surface area contributed by atoms with Gasteiger partial charge < -0.3 is 19.3 Å². The van der Waals surface area contributed by atoms with E-state index in [0.717, 1.165) is 23.6 Å². The van der Waals surface area contributed by atoms with E-state index >= 15 is 0 Å². The van der Waals surface area contributed by atoms with Crippen LogP contribution in [0.4, 0.5) is 8.78 Å². The largest absolute Gasteiger partial charge is 0.493 e. The first-order valence-electron chi connectivity index (χ1n) is 10.7. The molecule has 2 aliphatic heterocycles. The molecule has 2 aliphatic rings. The van der Waals surface area contributed by atoms with Crippen molar-refractivity contribution in [2.45, 2.75) is 25.8 Å². The number of carbonyl (C=O) groups is 2. The summed E-state index contributed by atoms with van der Waals surface area (Å²) < 4.78 is 37.8. The molecule has 0 N–H and O–H groups in total. The van der Waals surface area contributed by atoms with Gasteiger partial charge in [0.1, 0.15) is 11.6 Å². The van der Waals surface area contributed by atoms with Crippen LogP contribution in [0.3, 0.4) is 0 Å². The van der Waals surface area contributed by atoms with Crippen LogP contribution in [0.25, 0.3) is 0 Å². The smallest absolute Gasteiger partial charge is 0.256 e. The quantitative estimate of drug-likeness (QED) is 0.725. The molecule has 8 heteroatoms. The minimum atomic E-state index is -0.868. The first-order chi connectivity index (χ1) is 15.4. The van der Waals surface area contributed by atoms with Crippen molar-refractivity contribution in [1.82, 2.24) is 9.80 Å². The second-order valence-electron chi connectivity index (χ2n) is 8.18. The summed E-state index contributed by atoms with van der Waals surface area (Å²) in [4.78, 5) is 29.1. The van der Waals surface area contributed by atoms with E-state index in [2.05, 4.69) is 0 Å². The molecule has 2 aromatic rings. The maximum absolute atomic E-state index is 14.0. The molecule has 1 saturated heterocycles. The SMILES string of the molecule is COc1cc2c(cc1OC)CN(C(=O)C1CCN(C(=O)c3ccc(F)cc3F)CC1)CC2. The van der Waals surface area contributed by atoms with E-state index in [1.165, 1.54) is 11.0 Å². The van der Waals surface area contributed by atoms with Crippen LogP contribution in [0.15, 0.2) is 30.3 Å². The van der Waals surface area contributed by atoms with Gasteiger partial charge in [-0.05, 0) is 54.7 Å². The number of carbonyl (C=O) groups excluding carboxylic acids is 2. The van der Waals surface area contributed by atoms with Gasteiger partial charge in [-0.1, -0.05) is 0 Å². The molecule has 0 unspecified atom stereocenters. The molecule has 32 heavy (non-hydrogen) atoms. The topological polar surface area (TPSA) is 59.1 Å². The number of likely N-dealkylation sites (tertiary alicyclic amines) is 1. The Hall–Kier alpha value is -3.16. The molecule has 0 radical (unpaired) electrons. The lowest BCUT2D eigenvalue weighted by Gasteiger charge is -2.36. The van der Waals surface area contributed by atoms with Crippen LogP contribution in [0, 0.1) is 17.6 Å². The molecule has 0 aliphatic carbocycles. The lowest BCUT2D eigenvalue weighted by atomic mass is 9.92. The minimum absolute atomic E-state index is 0.0745. The number of rotatable bonds is 4. The zero-order valence-electron chi connectivity index (χ0n) is 18.2. The molecule has 1 fully saturated rings. The molecule has 0 saturated carbocycles. The Morgan fingerprint density at radius 1 is 0.906 bits per heavy atom. The number of piperidine rings is 1. The van der Waals surface area contributed by atoms with E-state index < -0.39 is 17.5 Å². The molecule has 0 bridgehead atoms. The molecular formula is C24H26F2N2O4. The highest BCUT2D eigenvalue weighted by Gasteiger charge is 2.33. The Labute approximate surface area is 185 Å². The van der Waals surface area contributed by atoms with Gasteiger partial charge in [0.15, 0.2) is 11.5 Å². The summed E-state index contributed by atoms with van der Waals surface area (Å²) in [5.74, 6) is -0.846. The van der Waals surface area contributed by atoms with E-state index in [4.69, 9.17) is 9.47 Å². The summed E-state index contributed by atoms with van der Waals surface area (Å²) in [6.07, 6.45) is 1.77. The van der Waals surface area contributed by atoms with Crippen molar-refractivity contribution in [2.24, 2.45) is 5.92 Å². The van der Waals surface area contributed by atoms with E-state index in [-0.39, 0.29) is 17.4 Å². The van der Waals surface area contributed by atoms with E-state index in [1.807, 2.05) is 17.0 Å². The third-order valence-corrected chi connectivity index (χ3v) is 6.32. The molecule has 6 nitrogen and oxygen atoms in total. The highest BCUT2D eigenvalue weighted by Crippen LogP contribution is 2.34. The van der Waals surface area contributed by atoms with Crippen molar-refractivity contribution >= 4 is 11.8 Å². The van der Waals surface area contributed by atoms with Gasteiger partial charge in [-0.2, -0.15) is 0 Å². The van der Waals surface area contributed by atoms with Crippen molar-refractivity contribution in [3.8, 4) is 11.5 Å². The lowest BCUT2D eigenvalue weighted by molar-refractivity contribution is -0.137. The summed E-state index contributed by atoms with van der Waals surface area (Å²) in [5.41, 5.74) is 2.04. The van der Waals surface area contributed by atoms with Crippen LogP contribution >= 0.6 is 0 Å². The fourth-order valence-corrected chi connectivity index (χ4v) is 4.49. The number of nitrogens with zero attached hydrogens (tertiary/aromatic N) is 2. The first kappa shape index (κ1) is 22.0. The van der Waals surface area contributed by atoms with Gasteiger partial charge in [0.05, 0.1) is 19.8 Å². The molecule has 0 atom stereocenters. The minimum Gasteiger partial charge on any atom is -0.493 e. The van der Waals surface area contributed by atoms with Crippen LogP contribution in [0.1, 0.15) is 34.3 Å². The number of methoxy groups -OCH3 is 2. The molecule has 0 spiro atoms. The summed E-state index contributed by atoms with van der Waals surface area (Å²) in [6.45, 7) is 1.86. The molecule has 170 valence electrons. The standard InChI is InChI=1S/C24H26F2N2O4/c1-31-21-11-16-7-10-28(14-17(16)12-22(21)32-2)23(29)15-5-8-27(9-6-15)24(30)19-4-3-18(25)13-20(19)26/h3-4,11-13,15H,5-10,14H2,1-2H3. The Balaban J connectivity index is 1.38. The molecule has 0 aromatic heterocycles. The van der Waals surface area contributed by atoms with Gasteiger partial charge in [0.2, 0.25) is 5.91 Å². The monoisotopic (exact) mass is 444 g/mol.